The van der Waals surface area contributed by atoms with Crippen LogP contribution in [0.25, 0.3) is 10.2 Å². The molecule has 3 heterocycles. The van der Waals surface area contributed by atoms with E-state index in [1.54, 1.807) is 0 Å². The Morgan fingerprint density at radius 1 is 1.25 bits per heavy atom. The molecular weight excluding hydrogens is 452 g/mol. The number of hydrogen-bond acceptors (Lipinski definition) is 6. The van der Waals surface area contributed by atoms with Crippen LogP contribution in [-0.4, -0.2) is 49.8 Å². The first-order valence-electron chi connectivity index (χ1n) is 10.3. The van der Waals surface area contributed by atoms with E-state index < -0.39 is 46.2 Å². The number of piperidine rings is 1. The molecule has 1 saturated carbocycles. The number of nitrogens with zero attached hydrogens (tertiary/aromatic N) is 2. The lowest BCUT2D eigenvalue weighted by atomic mass is 10.1. The molecule has 0 spiro atoms. The summed E-state index contributed by atoms with van der Waals surface area (Å²) >= 11 is 0.633. The second kappa shape index (κ2) is 8.72. The van der Waals surface area contributed by atoms with Crippen LogP contribution in [0.3, 0.4) is 0 Å². The van der Waals surface area contributed by atoms with Gasteiger partial charge in [-0.15, -0.1) is 11.3 Å². The minimum absolute atomic E-state index is 0.0372. The van der Waals surface area contributed by atoms with Crippen molar-refractivity contribution in [3.8, 4) is 0 Å². The van der Waals surface area contributed by atoms with Gasteiger partial charge in [-0.25, -0.2) is 14.2 Å². The van der Waals surface area contributed by atoms with Crippen LogP contribution in [0, 0.1) is 11.7 Å². The van der Waals surface area contributed by atoms with Crippen LogP contribution in [0.2, 0.25) is 0 Å². The molecule has 0 bridgehead atoms. The molecule has 1 saturated heterocycles. The molecule has 0 atom stereocenters. The highest BCUT2D eigenvalue weighted by atomic mass is 32.1. The van der Waals surface area contributed by atoms with E-state index in [1.165, 1.54) is 17.3 Å². The lowest BCUT2D eigenvalue weighted by molar-refractivity contribution is -0.138. The summed E-state index contributed by atoms with van der Waals surface area (Å²) in [5.41, 5.74) is -1.64. The molecule has 1 aliphatic heterocycles. The van der Waals surface area contributed by atoms with E-state index in [2.05, 4.69) is 15.6 Å². The number of aromatic nitrogens is 1. The minimum atomic E-state index is -4.95. The van der Waals surface area contributed by atoms with Crippen LogP contribution < -0.4 is 15.5 Å². The first kappa shape index (κ1) is 22.6. The van der Waals surface area contributed by atoms with E-state index in [1.807, 2.05) is 0 Å². The van der Waals surface area contributed by atoms with E-state index in [9.17, 15) is 22.8 Å². The van der Waals surface area contributed by atoms with Crippen LogP contribution in [0.1, 0.15) is 41.6 Å². The van der Waals surface area contributed by atoms with Gasteiger partial charge in [0.05, 0.1) is 15.8 Å². The number of alkyl halides is 3. The molecule has 0 aromatic carbocycles. The molecule has 7 nitrogen and oxygen atoms in total. The molecule has 32 heavy (non-hydrogen) atoms. The largest absolute Gasteiger partial charge is 0.446 e. The Kier molecular flexibility index (Phi) is 6.15. The zero-order chi connectivity index (χ0) is 23.0. The Morgan fingerprint density at radius 3 is 2.53 bits per heavy atom. The van der Waals surface area contributed by atoms with Gasteiger partial charge in [-0.2, -0.15) is 13.2 Å². The van der Waals surface area contributed by atoms with Gasteiger partial charge in [-0.05, 0) is 18.8 Å². The van der Waals surface area contributed by atoms with Crippen LogP contribution >= 0.6 is 11.3 Å². The third-order valence-electron chi connectivity index (χ3n) is 5.63. The molecule has 4 rings (SSSR count). The topological polar surface area (TPSA) is 83.6 Å². The Morgan fingerprint density at radius 2 is 1.94 bits per heavy atom. The molecule has 2 aromatic heterocycles. The summed E-state index contributed by atoms with van der Waals surface area (Å²) in [6.07, 6.45) is -3.06. The van der Waals surface area contributed by atoms with Gasteiger partial charge in [0.25, 0.3) is 5.91 Å². The van der Waals surface area contributed by atoms with Gasteiger partial charge in [-0.1, -0.05) is 0 Å². The highest BCUT2D eigenvalue weighted by molar-refractivity contribution is 7.17. The molecule has 2 fully saturated rings. The zero-order valence-corrected chi connectivity index (χ0v) is 18.0. The summed E-state index contributed by atoms with van der Waals surface area (Å²) in [6, 6.07) is 0. The summed E-state index contributed by atoms with van der Waals surface area (Å²) < 4.78 is 61.1. The lowest BCUT2D eigenvalue weighted by Crippen LogP contribution is -2.40. The summed E-state index contributed by atoms with van der Waals surface area (Å²) in [4.78, 5) is 29.5. The molecule has 2 amide bonds. The van der Waals surface area contributed by atoms with Crippen molar-refractivity contribution in [3.05, 3.63) is 22.3 Å². The molecule has 2 N–H and O–H groups in total. The van der Waals surface area contributed by atoms with E-state index in [0.717, 1.165) is 12.8 Å². The number of thiophene rings is 1. The predicted octanol–water partition coefficient (Wildman–Crippen LogP) is 3.92. The quantitative estimate of drug-likeness (QED) is 0.642. The average Bonchev–Trinajstić information content (AvgIpc) is 3.49. The van der Waals surface area contributed by atoms with Crippen molar-refractivity contribution < 1.29 is 31.9 Å². The van der Waals surface area contributed by atoms with Crippen molar-refractivity contribution in [1.29, 1.82) is 0 Å². The van der Waals surface area contributed by atoms with E-state index >= 15 is 4.39 Å². The molecule has 1 aliphatic carbocycles. The number of carbonyl (C=O) groups is 2. The molecule has 0 unspecified atom stereocenters. The number of ether oxygens (including phenoxy) is 1. The Hall–Kier alpha value is -2.63. The van der Waals surface area contributed by atoms with Crippen LogP contribution in [0.15, 0.2) is 5.38 Å². The third kappa shape index (κ3) is 4.59. The number of alkyl carbamates (subject to hydrolysis) is 1. The third-order valence-corrected chi connectivity index (χ3v) is 6.61. The molecule has 2 aliphatic rings. The number of nitrogens with one attached hydrogen (secondary N) is 2. The van der Waals surface area contributed by atoms with Gasteiger partial charge in [-0.3, -0.25) is 4.79 Å². The van der Waals surface area contributed by atoms with Crippen molar-refractivity contribution in [2.45, 2.75) is 38.0 Å². The van der Waals surface area contributed by atoms with E-state index in [4.69, 9.17) is 4.74 Å². The maximum atomic E-state index is 15.1. The van der Waals surface area contributed by atoms with Gasteiger partial charge >= 0.3 is 12.3 Å². The fourth-order valence-electron chi connectivity index (χ4n) is 3.69. The molecule has 0 radical (unpaired) electrons. The highest BCUT2D eigenvalue weighted by Crippen LogP contribution is 2.43. The van der Waals surface area contributed by atoms with Crippen molar-refractivity contribution >= 4 is 39.4 Å². The van der Waals surface area contributed by atoms with Crippen molar-refractivity contribution in [3.63, 3.8) is 0 Å². The van der Waals surface area contributed by atoms with Gasteiger partial charge in [0.2, 0.25) is 0 Å². The predicted molar refractivity (Wildman–Crippen MR) is 110 cm³/mol. The number of halogens is 4. The maximum Gasteiger partial charge on any atom is 0.420 e. The number of carbonyl (C=O) groups excluding carboxylic acids is 2. The molecule has 12 heteroatoms. The van der Waals surface area contributed by atoms with Crippen LogP contribution in [-0.2, 0) is 10.9 Å². The normalized spacial score (nSPS) is 17.5. The fourth-order valence-corrected chi connectivity index (χ4v) is 4.74. The van der Waals surface area contributed by atoms with Crippen LogP contribution in [0.5, 0.6) is 0 Å². The summed E-state index contributed by atoms with van der Waals surface area (Å²) in [5, 5.41) is 6.31. The summed E-state index contributed by atoms with van der Waals surface area (Å²) in [7, 11) is 1.35. The first-order chi connectivity index (χ1) is 15.2. The minimum Gasteiger partial charge on any atom is -0.446 e. The SMILES string of the molecule is CNC(=O)c1csc2c(C(F)(F)F)c(F)c(N3CCC(OC(=O)NCC4CC4)CC3)nc12. The standard InChI is InChI=1S/C20H22F4N4O3S/c1-25-18(29)12-9-32-16-13(20(22,23)24)14(21)17(27-15(12)16)28-6-4-11(5-7-28)31-19(30)26-8-10-2-3-10/h9-11H,2-8H2,1H3,(H,25,29)(H,26,30). The average molecular weight is 474 g/mol. The fraction of sp³-hybridized carbons (Fsp3) is 0.550. The van der Waals surface area contributed by atoms with Crippen LogP contribution in [0.4, 0.5) is 28.2 Å². The van der Waals surface area contributed by atoms with Gasteiger partial charge in [0.15, 0.2) is 11.6 Å². The highest BCUT2D eigenvalue weighted by Gasteiger charge is 2.41. The Balaban J connectivity index is 1.55. The molecular formula is C20H22F4N4O3S. The van der Waals surface area contributed by atoms with Crippen molar-refractivity contribution in [2.75, 3.05) is 31.6 Å². The lowest BCUT2D eigenvalue weighted by Gasteiger charge is -2.33. The molecule has 2 aromatic rings. The Labute approximate surface area is 185 Å². The number of amides is 2. The monoisotopic (exact) mass is 474 g/mol. The van der Waals surface area contributed by atoms with Gasteiger partial charge < -0.3 is 20.3 Å². The number of rotatable bonds is 5. The van der Waals surface area contributed by atoms with Gasteiger partial charge in [0.1, 0.15) is 11.7 Å². The Bertz CT molecular complexity index is 1030. The number of hydrogen-bond donors (Lipinski definition) is 2. The maximum absolute atomic E-state index is 15.1. The van der Waals surface area contributed by atoms with Gasteiger partial charge in [0, 0.05) is 44.9 Å². The first-order valence-corrected chi connectivity index (χ1v) is 11.2. The summed E-state index contributed by atoms with van der Waals surface area (Å²) in [5.74, 6) is -2.01. The zero-order valence-electron chi connectivity index (χ0n) is 17.2. The number of anilines is 1. The number of pyridine rings is 1. The second-order valence-electron chi connectivity index (χ2n) is 7.94. The number of fused-ring (bicyclic) bond motifs is 1. The van der Waals surface area contributed by atoms with E-state index in [0.29, 0.717) is 36.6 Å². The smallest absolute Gasteiger partial charge is 0.420 e. The summed E-state index contributed by atoms with van der Waals surface area (Å²) in [6.45, 7) is 0.890. The second-order valence-corrected chi connectivity index (χ2v) is 8.82. The molecule has 174 valence electrons. The van der Waals surface area contributed by atoms with E-state index in [-0.39, 0.29) is 24.2 Å². The van der Waals surface area contributed by atoms with Crippen molar-refractivity contribution in [1.82, 2.24) is 15.6 Å². The van der Waals surface area contributed by atoms with Crippen molar-refractivity contribution in [2.24, 2.45) is 5.92 Å².